The fourth-order valence-electron chi connectivity index (χ4n) is 3.01. The first-order valence-corrected chi connectivity index (χ1v) is 9.20. The van der Waals surface area contributed by atoms with Crippen LogP contribution >= 0.6 is 0 Å². The maximum absolute atomic E-state index is 12.5. The molecule has 0 heterocycles. The van der Waals surface area contributed by atoms with Gasteiger partial charge in [-0.1, -0.05) is 0 Å². The number of hydrogen-bond acceptors (Lipinski definition) is 5. The Kier molecular flexibility index (Phi) is 9.41. The molecule has 160 valence electrons. The van der Waals surface area contributed by atoms with Crippen molar-refractivity contribution < 1.29 is 31.4 Å². The molecule has 0 aliphatic heterocycles. The lowest BCUT2D eigenvalue weighted by atomic mass is 10.1. The summed E-state index contributed by atoms with van der Waals surface area (Å²) < 4.78 is 15.9. The molecular weight excluding hydrogens is 394 g/mol. The molecule has 0 atom stereocenters. The molecule has 0 aliphatic carbocycles. The van der Waals surface area contributed by atoms with E-state index < -0.39 is 0 Å². The predicted molar refractivity (Wildman–Crippen MR) is 113 cm³/mol. The van der Waals surface area contributed by atoms with Gasteiger partial charge >= 0.3 is 6.03 Å². The zero-order chi connectivity index (χ0) is 20.7. The standard InChI is InChI=1S/C21H29N3O4.ClH/c1-7-24(8-2)16-9-10-17(14(3)11-16)23-21(25)22-15-12-18(26-4)20(28-6)19(13-15)27-5;/h9-13H,7-8H2,1-6H3,(H2,22,23,25);1H/p-1. The molecule has 0 aromatic heterocycles. The number of amides is 2. The van der Waals surface area contributed by atoms with E-state index >= 15 is 0 Å². The van der Waals surface area contributed by atoms with Gasteiger partial charge in [-0.2, -0.15) is 0 Å². The van der Waals surface area contributed by atoms with Gasteiger partial charge in [0.05, 0.1) is 27.0 Å². The van der Waals surface area contributed by atoms with Crippen LogP contribution in [-0.2, 0) is 0 Å². The third kappa shape index (κ3) is 5.84. The van der Waals surface area contributed by atoms with Crippen LogP contribution in [-0.4, -0.2) is 40.5 Å². The molecule has 0 radical (unpaired) electrons. The fourth-order valence-corrected chi connectivity index (χ4v) is 3.01. The van der Waals surface area contributed by atoms with Crippen LogP contribution in [0.2, 0.25) is 0 Å². The number of benzene rings is 2. The van der Waals surface area contributed by atoms with Crippen LogP contribution in [0.1, 0.15) is 19.4 Å². The van der Waals surface area contributed by atoms with Crippen LogP contribution in [0.15, 0.2) is 30.3 Å². The molecule has 0 spiro atoms. The van der Waals surface area contributed by atoms with Gasteiger partial charge in [0, 0.05) is 36.6 Å². The Labute approximate surface area is 178 Å². The van der Waals surface area contributed by atoms with E-state index in [1.54, 1.807) is 12.1 Å². The van der Waals surface area contributed by atoms with Gasteiger partial charge in [0.2, 0.25) is 5.75 Å². The summed E-state index contributed by atoms with van der Waals surface area (Å²) in [6.07, 6.45) is 0. The van der Waals surface area contributed by atoms with Crippen molar-refractivity contribution in [1.82, 2.24) is 0 Å². The van der Waals surface area contributed by atoms with Gasteiger partial charge in [-0.15, -0.1) is 0 Å². The van der Waals surface area contributed by atoms with Gasteiger partial charge in [-0.3, -0.25) is 0 Å². The second-order valence-corrected chi connectivity index (χ2v) is 6.16. The quantitative estimate of drug-likeness (QED) is 0.674. The highest BCUT2D eigenvalue weighted by molar-refractivity contribution is 6.00. The van der Waals surface area contributed by atoms with Gasteiger partial charge < -0.3 is 42.2 Å². The molecule has 8 heteroatoms. The lowest BCUT2D eigenvalue weighted by Crippen LogP contribution is -3.00. The Morgan fingerprint density at radius 1 is 0.931 bits per heavy atom. The number of anilines is 3. The summed E-state index contributed by atoms with van der Waals surface area (Å²) in [6.45, 7) is 8.09. The highest BCUT2D eigenvalue weighted by Crippen LogP contribution is 2.40. The molecular formula is C21H29ClN3O4-. The molecule has 0 bridgehead atoms. The van der Waals surface area contributed by atoms with Crippen LogP contribution in [0, 0.1) is 6.92 Å². The Morgan fingerprint density at radius 2 is 1.52 bits per heavy atom. The topological polar surface area (TPSA) is 72.1 Å². The van der Waals surface area contributed by atoms with E-state index in [2.05, 4.69) is 35.4 Å². The van der Waals surface area contributed by atoms with Crippen LogP contribution in [0.3, 0.4) is 0 Å². The molecule has 2 aromatic rings. The van der Waals surface area contributed by atoms with Crippen molar-refractivity contribution in [2.75, 3.05) is 50.0 Å². The highest BCUT2D eigenvalue weighted by Gasteiger charge is 2.15. The van der Waals surface area contributed by atoms with Crippen LogP contribution in [0.5, 0.6) is 17.2 Å². The summed E-state index contributed by atoms with van der Waals surface area (Å²) in [6, 6.07) is 9.00. The Morgan fingerprint density at radius 3 is 1.97 bits per heavy atom. The second-order valence-electron chi connectivity index (χ2n) is 6.16. The highest BCUT2D eigenvalue weighted by atomic mass is 35.5. The van der Waals surface area contributed by atoms with E-state index in [4.69, 9.17) is 14.2 Å². The SMILES string of the molecule is CCN(CC)c1ccc(NC(=O)Nc2cc(OC)c(OC)c(OC)c2)c(C)c1.[Cl-]. The molecule has 0 fully saturated rings. The lowest BCUT2D eigenvalue weighted by Gasteiger charge is -2.22. The van der Waals surface area contributed by atoms with Crippen molar-refractivity contribution >= 4 is 23.1 Å². The van der Waals surface area contributed by atoms with E-state index in [-0.39, 0.29) is 18.4 Å². The number of urea groups is 1. The first kappa shape index (κ1) is 24.2. The van der Waals surface area contributed by atoms with E-state index in [1.165, 1.54) is 21.3 Å². The van der Waals surface area contributed by atoms with E-state index in [0.717, 1.165) is 30.0 Å². The number of methoxy groups -OCH3 is 3. The first-order valence-electron chi connectivity index (χ1n) is 9.20. The molecule has 29 heavy (non-hydrogen) atoms. The summed E-state index contributed by atoms with van der Waals surface area (Å²) in [5.74, 6) is 1.41. The van der Waals surface area contributed by atoms with Crippen molar-refractivity contribution in [2.45, 2.75) is 20.8 Å². The Bertz CT molecular complexity index is 801. The molecule has 7 nitrogen and oxygen atoms in total. The number of nitrogens with zero attached hydrogens (tertiary/aromatic N) is 1. The summed E-state index contributed by atoms with van der Waals surface area (Å²) in [5, 5.41) is 5.69. The third-order valence-corrected chi connectivity index (χ3v) is 4.51. The summed E-state index contributed by atoms with van der Waals surface area (Å²) in [7, 11) is 4.59. The smallest absolute Gasteiger partial charge is 0.323 e. The minimum atomic E-state index is -0.354. The third-order valence-electron chi connectivity index (χ3n) is 4.51. The number of halogens is 1. The number of hydrogen-bond donors (Lipinski definition) is 2. The van der Waals surface area contributed by atoms with Crippen molar-refractivity contribution in [3.63, 3.8) is 0 Å². The largest absolute Gasteiger partial charge is 1.00 e. The number of carbonyl (C=O) groups excluding carboxylic acids is 1. The van der Waals surface area contributed by atoms with E-state index in [1.807, 2.05) is 19.1 Å². The summed E-state index contributed by atoms with van der Waals surface area (Å²) >= 11 is 0. The second kappa shape index (κ2) is 11.3. The van der Waals surface area contributed by atoms with Gasteiger partial charge in [0.1, 0.15) is 0 Å². The maximum Gasteiger partial charge on any atom is 0.323 e. The number of ether oxygens (including phenoxy) is 3. The van der Waals surface area contributed by atoms with Crippen LogP contribution < -0.4 is 42.2 Å². The zero-order valence-electron chi connectivity index (χ0n) is 17.8. The monoisotopic (exact) mass is 422 g/mol. The molecule has 2 N–H and O–H groups in total. The predicted octanol–water partition coefficient (Wildman–Crippen LogP) is 1.52. The minimum Gasteiger partial charge on any atom is -1.00 e. The van der Waals surface area contributed by atoms with Crippen molar-refractivity contribution in [1.29, 1.82) is 0 Å². The van der Waals surface area contributed by atoms with E-state index in [0.29, 0.717) is 22.9 Å². The van der Waals surface area contributed by atoms with Gasteiger partial charge in [0.15, 0.2) is 11.5 Å². The Balaban J connectivity index is 0.00000420. The number of aryl methyl sites for hydroxylation is 1. The van der Waals surface area contributed by atoms with Crippen molar-refractivity contribution in [3.05, 3.63) is 35.9 Å². The molecule has 0 saturated heterocycles. The van der Waals surface area contributed by atoms with Gasteiger partial charge in [-0.25, -0.2) is 4.79 Å². The molecule has 0 saturated carbocycles. The fraction of sp³-hybridized carbons (Fsp3) is 0.381. The maximum atomic E-state index is 12.5. The lowest BCUT2D eigenvalue weighted by molar-refractivity contribution is -0.00000958. The average Bonchev–Trinajstić information content (AvgIpc) is 2.70. The summed E-state index contributed by atoms with van der Waals surface area (Å²) in [5.41, 5.74) is 3.41. The van der Waals surface area contributed by atoms with Gasteiger partial charge in [-0.05, 0) is 44.5 Å². The normalized spacial score (nSPS) is 9.86. The van der Waals surface area contributed by atoms with Crippen LogP contribution in [0.4, 0.5) is 21.9 Å². The first-order chi connectivity index (χ1) is 13.5. The van der Waals surface area contributed by atoms with Crippen molar-refractivity contribution in [3.8, 4) is 17.2 Å². The zero-order valence-corrected chi connectivity index (χ0v) is 18.5. The van der Waals surface area contributed by atoms with Gasteiger partial charge in [0.25, 0.3) is 0 Å². The van der Waals surface area contributed by atoms with Crippen molar-refractivity contribution in [2.24, 2.45) is 0 Å². The number of carbonyl (C=O) groups is 1. The number of nitrogens with one attached hydrogen (secondary N) is 2. The summed E-state index contributed by atoms with van der Waals surface area (Å²) in [4.78, 5) is 14.7. The molecule has 2 amide bonds. The Hall–Kier alpha value is -2.80. The van der Waals surface area contributed by atoms with E-state index in [9.17, 15) is 4.79 Å². The molecule has 2 aromatic carbocycles. The average molecular weight is 423 g/mol. The molecule has 0 aliphatic rings. The molecule has 0 unspecified atom stereocenters. The molecule has 2 rings (SSSR count). The van der Waals surface area contributed by atoms with Crippen LogP contribution in [0.25, 0.3) is 0 Å². The minimum absolute atomic E-state index is 0. The number of rotatable bonds is 8.